The van der Waals surface area contributed by atoms with Crippen LogP contribution in [0.1, 0.15) is 50.5 Å². The van der Waals surface area contributed by atoms with Gasteiger partial charge in [0.2, 0.25) is 11.8 Å². The number of nitrogens with zero attached hydrogens (tertiary/aromatic N) is 1. The summed E-state index contributed by atoms with van der Waals surface area (Å²) in [6.45, 7) is 2.79. The molecule has 3 rings (SSSR count). The summed E-state index contributed by atoms with van der Waals surface area (Å²) < 4.78 is 0. The van der Waals surface area contributed by atoms with Gasteiger partial charge in [0.15, 0.2) is 0 Å². The van der Waals surface area contributed by atoms with Gasteiger partial charge >= 0.3 is 0 Å². The van der Waals surface area contributed by atoms with Crippen molar-refractivity contribution in [2.75, 3.05) is 16.8 Å². The van der Waals surface area contributed by atoms with Crippen molar-refractivity contribution in [2.24, 2.45) is 5.92 Å². The molecule has 1 aliphatic carbocycles. The molecule has 118 valence electrons. The van der Waals surface area contributed by atoms with E-state index in [1.807, 2.05) is 30.0 Å². The maximum absolute atomic E-state index is 12.1. The van der Waals surface area contributed by atoms with Gasteiger partial charge in [-0.15, -0.1) is 0 Å². The van der Waals surface area contributed by atoms with Crippen LogP contribution in [0.25, 0.3) is 0 Å². The fourth-order valence-electron chi connectivity index (χ4n) is 3.63. The lowest BCUT2D eigenvalue weighted by molar-refractivity contribution is -0.117. The van der Waals surface area contributed by atoms with Gasteiger partial charge in [-0.05, 0) is 55.9 Å². The number of aryl methyl sites for hydroxylation is 1. The van der Waals surface area contributed by atoms with E-state index in [1.165, 1.54) is 25.7 Å². The van der Waals surface area contributed by atoms with E-state index < -0.39 is 0 Å². The van der Waals surface area contributed by atoms with Gasteiger partial charge in [0, 0.05) is 30.8 Å². The molecular weight excluding hydrogens is 276 g/mol. The first kappa shape index (κ1) is 15.1. The predicted octanol–water partition coefficient (Wildman–Crippen LogP) is 3.64. The summed E-state index contributed by atoms with van der Waals surface area (Å²) in [7, 11) is 0. The molecule has 0 bridgehead atoms. The zero-order chi connectivity index (χ0) is 15.5. The van der Waals surface area contributed by atoms with E-state index in [9.17, 15) is 9.59 Å². The van der Waals surface area contributed by atoms with E-state index in [2.05, 4.69) is 5.32 Å². The van der Waals surface area contributed by atoms with E-state index in [0.717, 1.165) is 29.9 Å². The summed E-state index contributed by atoms with van der Waals surface area (Å²) in [5, 5.41) is 3.00. The van der Waals surface area contributed by atoms with Crippen LogP contribution >= 0.6 is 0 Å². The standard InChI is InChI=1S/C18H24N2O2/c1-13-11-15(19-17(21)12-14-5-2-3-6-14)8-9-16(13)20-10-4-7-18(20)22/h8-9,11,14H,2-7,10,12H2,1H3,(H,19,21). The van der Waals surface area contributed by atoms with Gasteiger partial charge in [0.25, 0.3) is 0 Å². The van der Waals surface area contributed by atoms with Gasteiger partial charge in [-0.2, -0.15) is 0 Å². The van der Waals surface area contributed by atoms with Crippen LogP contribution in [-0.2, 0) is 9.59 Å². The number of benzene rings is 1. The monoisotopic (exact) mass is 300 g/mol. The van der Waals surface area contributed by atoms with Crippen molar-refractivity contribution >= 4 is 23.2 Å². The Hall–Kier alpha value is -1.84. The molecule has 1 aliphatic heterocycles. The Morgan fingerprint density at radius 2 is 2.05 bits per heavy atom. The molecule has 1 heterocycles. The van der Waals surface area contributed by atoms with Gasteiger partial charge in [-0.25, -0.2) is 0 Å². The smallest absolute Gasteiger partial charge is 0.227 e. The molecular formula is C18H24N2O2. The highest BCUT2D eigenvalue weighted by Gasteiger charge is 2.23. The number of carbonyl (C=O) groups excluding carboxylic acids is 2. The van der Waals surface area contributed by atoms with Crippen molar-refractivity contribution in [3.63, 3.8) is 0 Å². The Morgan fingerprint density at radius 1 is 1.27 bits per heavy atom. The highest BCUT2D eigenvalue weighted by Crippen LogP contribution is 2.29. The summed E-state index contributed by atoms with van der Waals surface area (Å²) in [5.41, 5.74) is 2.83. The van der Waals surface area contributed by atoms with Crippen LogP contribution in [-0.4, -0.2) is 18.4 Å². The molecule has 0 spiro atoms. The van der Waals surface area contributed by atoms with E-state index in [0.29, 0.717) is 18.8 Å². The number of hydrogen-bond donors (Lipinski definition) is 1. The van der Waals surface area contributed by atoms with Crippen molar-refractivity contribution < 1.29 is 9.59 Å². The van der Waals surface area contributed by atoms with Crippen molar-refractivity contribution in [3.8, 4) is 0 Å². The number of rotatable bonds is 4. The molecule has 1 saturated heterocycles. The third kappa shape index (κ3) is 3.32. The SMILES string of the molecule is Cc1cc(NC(=O)CC2CCCC2)ccc1N1CCCC1=O. The van der Waals surface area contributed by atoms with E-state index >= 15 is 0 Å². The van der Waals surface area contributed by atoms with Crippen LogP contribution in [0.5, 0.6) is 0 Å². The summed E-state index contributed by atoms with van der Waals surface area (Å²) >= 11 is 0. The lowest BCUT2D eigenvalue weighted by Crippen LogP contribution is -2.24. The summed E-state index contributed by atoms with van der Waals surface area (Å²) in [4.78, 5) is 25.8. The lowest BCUT2D eigenvalue weighted by atomic mass is 10.0. The third-order valence-electron chi connectivity index (χ3n) is 4.79. The Bertz CT molecular complexity index is 576. The highest BCUT2D eigenvalue weighted by atomic mass is 16.2. The second-order valence-corrected chi connectivity index (χ2v) is 6.55. The van der Waals surface area contributed by atoms with Crippen molar-refractivity contribution in [3.05, 3.63) is 23.8 Å². The topological polar surface area (TPSA) is 49.4 Å². The summed E-state index contributed by atoms with van der Waals surface area (Å²) in [5.74, 6) is 0.861. The molecule has 0 unspecified atom stereocenters. The minimum Gasteiger partial charge on any atom is -0.326 e. The lowest BCUT2D eigenvalue weighted by Gasteiger charge is -2.19. The fraction of sp³-hybridized carbons (Fsp3) is 0.556. The van der Waals surface area contributed by atoms with Crippen LogP contribution in [0.2, 0.25) is 0 Å². The molecule has 1 N–H and O–H groups in total. The van der Waals surface area contributed by atoms with Crippen LogP contribution in [0, 0.1) is 12.8 Å². The number of hydrogen-bond acceptors (Lipinski definition) is 2. The molecule has 1 aromatic rings. The van der Waals surface area contributed by atoms with Gasteiger partial charge in [-0.1, -0.05) is 12.8 Å². The molecule has 2 amide bonds. The number of nitrogens with one attached hydrogen (secondary N) is 1. The normalized spacial score (nSPS) is 19.0. The fourth-order valence-corrected chi connectivity index (χ4v) is 3.63. The minimum atomic E-state index is 0.108. The maximum Gasteiger partial charge on any atom is 0.227 e. The average molecular weight is 300 g/mol. The molecule has 1 aromatic carbocycles. The number of carbonyl (C=O) groups is 2. The summed E-state index contributed by atoms with van der Waals surface area (Å²) in [6, 6.07) is 5.82. The van der Waals surface area contributed by atoms with Gasteiger partial charge < -0.3 is 10.2 Å². The number of amides is 2. The van der Waals surface area contributed by atoms with Gasteiger partial charge in [-0.3, -0.25) is 9.59 Å². The summed E-state index contributed by atoms with van der Waals surface area (Å²) in [6.07, 6.45) is 7.08. The van der Waals surface area contributed by atoms with E-state index in [1.54, 1.807) is 0 Å². The first-order valence-electron chi connectivity index (χ1n) is 8.34. The van der Waals surface area contributed by atoms with Crippen LogP contribution in [0.4, 0.5) is 11.4 Å². The first-order chi connectivity index (χ1) is 10.6. The molecule has 0 radical (unpaired) electrons. The zero-order valence-corrected chi connectivity index (χ0v) is 13.2. The second kappa shape index (κ2) is 6.51. The molecule has 2 aliphatic rings. The Kier molecular flexibility index (Phi) is 4.46. The van der Waals surface area contributed by atoms with E-state index in [-0.39, 0.29) is 11.8 Å². The highest BCUT2D eigenvalue weighted by molar-refractivity contribution is 5.97. The van der Waals surface area contributed by atoms with Gasteiger partial charge in [0.05, 0.1) is 0 Å². The number of anilines is 2. The molecule has 0 atom stereocenters. The van der Waals surface area contributed by atoms with Crippen molar-refractivity contribution in [1.82, 2.24) is 0 Å². The van der Waals surface area contributed by atoms with Crippen molar-refractivity contribution in [1.29, 1.82) is 0 Å². The molecule has 22 heavy (non-hydrogen) atoms. The quantitative estimate of drug-likeness (QED) is 0.923. The molecule has 2 fully saturated rings. The first-order valence-corrected chi connectivity index (χ1v) is 8.34. The third-order valence-corrected chi connectivity index (χ3v) is 4.79. The van der Waals surface area contributed by atoms with E-state index in [4.69, 9.17) is 0 Å². The largest absolute Gasteiger partial charge is 0.326 e. The van der Waals surface area contributed by atoms with Gasteiger partial charge in [0.1, 0.15) is 0 Å². The minimum absolute atomic E-state index is 0.108. The Labute approximate surface area is 131 Å². The molecule has 1 saturated carbocycles. The van der Waals surface area contributed by atoms with Crippen LogP contribution in [0.3, 0.4) is 0 Å². The van der Waals surface area contributed by atoms with Crippen LogP contribution in [0.15, 0.2) is 18.2 Å². The zero-order valence-electron chi connectivity index (χ0n) is 13.2. The molecule has 4 nitrogen and oxygen atoms in total. The van der Waals surface area contributed by atoms with Crippen molar-refractivity contribution in [2.45, 2.75) is 51.9 Å². The Morgan fingerprint density at radius 3 is 2.68 bits per heavy atom. The average Bonchev–Trinajstić information content (AvgIpc) is 3.11. The van der Waals surface area contributed by atoms with Crippen LogP contribution < -0.4 is 10.2 Å². The predicted molar refractivity (Wildman–Crippen MR) is 88.0 cm³/mol. The molecule has 4 heteroatoms. The Balaban J connectivity index is 1.63. The molecule has 0 aromatic heterocycles. The second-order valence-electron chi connectivity index (χ2n) is 6.55. The maximum atomic E-state index is 12.1.